The van der Waals surface area contributed by atoms with Crippen LogP contribution in [0.25, 0.3) is 0 Å². The van der Waals surface area contributed by atoms with Crippen molar-refractivity contribution in [3.63, 3.8) is 0 Å². The molecule has 0 saturated carbocycles. The van der Waals surface area contributed by atoms with Gasteiger partial charge in [0, 0.05) is 0 Å². The van der Waals surface area contributed by atoms with Crippen molar-refractivity contribution in [2.75, 3.05) is 11.0 Å². The molecule has 0 fully saturated rings. The van der Waals surface area contributed by atoms with Gasteiger partial charge >= 0.3 is 127 Å². The number of rotatable bonds is 9. The zero-order valence-electron chi connectivity index (χ0n) is 11.9. The Morgan fingerprint density at radius 3 is 2.53 bits per heavy atom. The van der Waals surface area contributed by atoms with Crippen molar-refractivity contribution in [3.05, 3.63) is 29.8 Å². The summed E-state index contributed by atoms with van der Waals surface area (Å²) in [6.07, 6.45) is 1.78. The summed E-state index contributed by atoms with van der Waals surface area (Å²) in [5.74, 6) is 1.12. The van der Waals surface area contributed by atoms with Gasteiger partial charge in [-0.2, -0.15) is 0 Å². The average Bonchev–Trinajstić information content (AvgIpc) is 2.42. The molecule has 0 saturated heterocycles. The summed E-state index contributed by atoms with van der Waals surface area (Å²) < 4.78 is 10.1. The van der Waals surface area contributed by atoms with Gasteiger partial charge in [0.1, 0.15) is 0 Å². The number of Topliss-reactive ketones (excluding diaryl/α,β-unsaturated/α-hetero) is 1. The van der Waals surface area contributed by atoms with Crippen LogP contribution in [-0.2, 0) is 11.2 Å². The molecule has 108 valence electrons. The first-order valence-electron chi connectivity index (χ1n) is 6.73. The first-order valence-corrected chi connectivity index (χ1v) is 9.33. The number of halogens is 1. The molecule has 0 bridgehead atoms. The van der Waals surface area contributed by atoms with Crippen molar-refractivity contribution in [1.29, 1.82) is 0 Å². The zero-order valence-corrected chi connectivity index (χ0v) is 14.1. The number of benzene rings is 1. The van der Waals surface area contributed by atoms with Gasteiger partial charge in [-0.3, -0.25) is 0 Å². The number of hydrogen-bond donors (Lipinski definition) is 1. The minimum atomic E-state index is -0.0545. The maximum absolute atomic E-state index is 11.6. The van der Waals surface area contributed by atoms with Crippen molar-refractivity contribution in [2.24, 2.45) is 0 Å². The molecular formula is C15H23INO2-. The van der Waals surface area contributed by atoms with E-state index in [-0.39, 0.29) is 33.3 Å². The molecule has 0 aromatic heterocycles. The number of carbonyl (C=O) groups is 1. The van der Waals surface area contributed by atoms with Crippen molar-refractivity contribution < 1.29 is 31.0 Å². The first kappa shape index (κ1) is 16.4. The summed E-state index contributed by atoms with van der Waals surface area (Å²) in [5.41, 5.74) is 1.18. The third kappa shape index (κ3) is 6.38. The van der Waals surface area contributed by atoms with Gasteiger partial charge in [0.2, 0.25) is 0 Å². The van der Waals surface area contributed by atoms with E-state index in [1.54, 1.807) is 6.92 Å². The third-order valence-corrected chi connectivity index (χ3v) is 4.62. The Labute approximate surface area is 126 Å². The second-order valence-electron chi connectivity index (χ2n) is 4.37. The van der Waals surface area contributed by atoms with Crippen LogP contribution in [0, 0.1) is 0 Å². The molecule has 1 rings (SSSR count). The molecule has 0 spiro atoms. The fourth-order valence-corrected chi connectivity index (χ4v) is 3.24. The average molecular weight is 376 g/mol. The second-order valence-corrected chi connectivity index (χ2v) is 7.28. The van der Waals surface area contributed by atoms with Crippen molar-refractivity contribution in [3.8, 4) is 5.75 Å². The number of alkyl halides is 1. The van der Waals surface area contributed by atoms with Crippen molar-refractivity contribution in [2.45, 2.75) is 39.7 Å². The van der Waals surface area contributed by atoms with Crippen molar-refractivity contribution >= 4 is 5.78 Å². The standard InChI is InChI=1S/C15H23INO2/c1-4-10-19-14-8-6-13(7-9-14)11-15(12(3)18)17-16-5-2/h6-9,15,17H,4-5,10-11H2,1-3H3/q-1/t15-/m0/s1. The summed E-state index contributed by atoms with van der Waals surface area (Å²) in [6.45, 7) is 6.65. The van der Waals surface area contributed by atoms with Gasteiger partial charge in [0.15, 0.2) is 0 Å². The number of ketones is 1. The summed E-state index contributed by atoms with van der Waals surface area (Å²) in [7, 11) is 0. The van der Waals surface area contributed by atoms with E-state index in [9.17, 15) is 4.79 Å². The molecule has 3 nitrogen and oxygen atoms in total. The van der Waals surface area contributed by atoms with Crippen LogP contribution in [0.4, 0.5) is 0 Å². The van der Waals surface area contributed by atoms with Gasteiger partial charge in [-0.05, 0) is 0 Å². The molecule has 19 heavy (non-hydrogen) atoms. The van der Waals surface area contributed by atoms with E-state index >= 15 is 0 Å². The van der Waals surface area contributed by atoms with Crippen LogP contribution < -0.4 is 29.7 Å². The molecule has 1 N–H and O–H groups in total. The van der Waals surface area contributed by atoms with E-state index in [1.807, 2.05) is 24.3 Å². The van der Waals surface area contributed by atoms with E-state index in [4.69, 9.17) is 4.74 Å². The predicted molar refractivity (Wildman–Crippen MR) is 74.1 cm³/mol. The topological polar surface area (TPSA) is 38.3 Å². The molecule has 4 heteroatoms. The van der Waals surface area contributed by atoms with Gasteiger partial charge in [-0.15, -0.1) is 0 Å². The zero-order chi connectivity index (χ0) is 14.1. The molecule has 0 unspecified atom stereocenters. The van der Waals surface area contributed by atoms with E-state index in [1.165, 1.54) is 5.56 Å². The van der Waals surface area contributed by atoms with Gasteiger partial charge in [-0.25, -0.2) is 0 Å². The van der Waals surface area contributed by atoms with Crippen LogP contribution in [0.3, 0.4) is 0 Å². The van der Waals surface area contributed by atoms with Crippen LogP contribution >= 0.6 is 0 Å². The van der Waals surface area contributed by atoms with Crippen LogP contribution in [0.5, 0.6) is 5.75 Å². The van der Waals surface area contributed by atoms with E-state index < -0.39 is 0 Å². The Hall–Kier alpha value is -0.620. The van der Waals surface area contributed by atoms with Crippen LogP contribution in [0.1, 0.15) is 32.8 Å². The van der Waals surface area contributed by atoms with E-state index in [0.29, 0.717) is 0 Å². The number of carbonyl (C=O) groups excluding carboxylic acids is 1. The Kier molecular flexibility index (Phi) is 8.05. The van der Waals surface area contributed by atoms with Gasteiger partial charge in [-0.1, -0.05) is 0 Å². The molecule has 1 aromatic carbocycles. The van der Waals surface area contributed by atoms with E-state index in [0.717, 1.165) is 29.6 Å². The number of nitrogens with one attached hydrogen (secondary N) is 1. The monoisotopic (exact) mass is 376 g/mol. The van der Waals surface area contributed by atoms with Gasteiger partial charge < -0.3 is 0 Å². The Morgan fingerprint density at radius 2 is 2.00 bits per heavy atom. The fourth-order valence-electron chi connectivity index (χ4n) is 1.61. The van der Waals surface area contributed by atoms with Crippen molar-refractivity contribution in [1.82, 2.24) is 3.53 Å². The molecule has 0 amide bonds. The minimum absolute atomic E-state index is 0.0323. The maximum atomic E-state index is 11.6. The molecular weight excluding hydrogens is 353 g/mol. The SMILES string of the molecule is CCCOc1ccc(C[C@H](N[I-]CC)C(C)=O)cc1. The summed E-state index contributed by atoms with van der Waals surface area (Å²) in [4.78, 5) is 11.6. The van der Waals surface area contributed by atoms with Gasteiger partial charge in [0.05, 0.1) is 0 Å². The second kappa shape index (κ2) is 9.31. The van der Waals surface area contributed by atoms with Crippen LogP contribution in [0.2, 0.25) is 0 Å². The Balaban J connectivity index is 2.56. The predicted octanol–water partition coefficient (Wildman–Crippen LogP) is -0.411. The molecule has 1 atom stereocenters. The fraction of sp³-hybridized carbons (Fsp3) is 0.533. The normalized spacial score (nSPS) is 12.4. The molecule has 0 aliphatic heterocycles. The summed E-state index contributed by atoms with van der Waals surface area (Å²) >= 11 is -0.0545. The quantitative estimate of drug-likeness (QED) is 0.362. The van der Waals surface area contributed by atoms with Gasteiger partial charge in [0.25, 0.3) is 0 Å². The first-order chi connectivity index (χ1) is 9.17. The molecule has 1 aromatic rings. The molecule has 0 aliphatic carbocycles. The van der Waals surface area contributed by atoms with E-state index in [2.05, 4.69) is 17.4 Å². The molecule has 0 heterocycles. The number of hydrogen-bond acceptors (Lipinski definition) is 3. The van der Waals surface area contributed by atoms with Crippen LogP contribution in [0.15, 0.2) is 24.3 Å². The molecule has 0 radical (unpaired) electrons. The Morgan fingerprint density at radius 1 is 1.32 bits per heavy atom. The third-order valence-electron chi connectivity index (χ3n) is 2.67. The summed E-state index contributed by atoms with van der Waals surface area (Å²) in [6, 6.07) is 8.03. The Bertz CT molecular complexity index is 378. The number of ether oxygens (including phenoxy) is 1. The summed E-state index contributed by atoms with van der Waals surface area (Å²) in [5, 5.41) is 0. The molecule has 0 aliphatic rings. The van der Waals surface area contributed by atoms with Crippen LogP contribution in [-0.4, -0.2) is 22.9 Å².